The molecule has 0 aliphatic rings. The average Bonchev–Trinajstić information content (AvgIpc) is 2.22. The van der Waals surface area contributed by atoms with Crippen LogP contribution in [0.5, 0.6) is 0 Å². The molecule has 1 atom stereocenters. The van der Waals surface area contributed by atoms with Gasteiger partial charge in [0.05, 0.1) is 5.60 Å². The van der Waals surface area contributed by atoms with Crippen molar-refractivity contribution in [3.8, 4) is 0 Å². The summed E-state index contributed by atoms with van der Waals surface area (Å²) < 4.78 is 81.2. The van der Waals surface area contributed by atoms with E-state index in [1.165, 1.54) is 14.0 Å². The lowest BCUT2D eigenvalue weighted by molar-refractivity contribution is -0.292. The minimum atomic E-state index is -5.33. The molecule has 0 heterocycles. The largest absolute Gasteiger partial charge is 0.401 e. The van der Waals surface area contributed by atoms with Gasteiger partial charge in [0.1, 0.15) is 0 Å². The maximum Gasteiger partial charge on any atom is 0.401 e. The van der Waals surface area contributed by atoms with Crippen molar-refractivity contribution < 1.29 is 31.1 Å². The van der Waals surface area contributed by atoms with Crippen molar-refractivity contribution >= 4 is 0 Å². The van der Waals surface area contributed by atoms with Crippen LogP contribution in [0.15, 0.2) is 0 Å². The van der Waals surface area contributed by atoms with Crippen LogP contribution in [0.2, 0.25) is 0 Å². The molecule has 0 aromatic heterocycles. The van der Waals surface area contributed by atoms with E-state index >= 15 is 0 Å². The molecule has 0 aliphatic carbocycles. The summed E-state index contributed by atoms with van der Waals surface area (Å²) in [5.41, 5.74) is -0.768. The van der Waals surface area contributed by atoms with Gasteiger partial charge in [0.15, 0.2) is 5.92 Å². The molecule has 0 fully saturated rings. The molecule has 1 unspecified atom stereocenters. The monoisotopic (exact) mass is 309 g/mol. The number of rotatable bonds is 7. The third kappa shape index (κ3) is 6.30. The van der Waals surface area contributed by atoms with Crippen molar-refractivity contribution in [2.45, 2.75) is 57.6 Å². The Morgan fingerprint density at radius 2 is 1.45 bits per heavy atom. The predicted molar refractivity (Wildman–Crippen MR) is 63.4 cm³/mol. The van der Waals surface area contributed by atoms with Crippen molar-refractivity contribution in [1.82, 2.24) is 5.32 Å². The van der Waals surface area contributed by atoms with E-state index in [1.54, 1.807) is 13.8 Å². The second-order valence-corrected chi connectivity index (χ2v) is 5.23. The van der Waals surface area contributed by atoms with Gasteiger partial charge in [-0.3, -0.25) is 0 Å². The minimum Gasteiger partial charge on any atom is -0.379 e. The van der Waals surface area contributed by atoms with E-state index in [0.29, 0.717) is 0 Å². The molecule has 0 saturated heterocycles. The van der Waals surface area contributed by atoms with Crippen molar-refractivity contribution in [3.63, 3.8) is 0 Å². The van der Waals surface area contributed by atoms with Gasteiger partial charge in [0.2, 0.25) is 0 Å². The fraction of sp³-hybridized carbons (Fsp3) is 1.00. The fourth-order valence-electron chi connectivity index (χ4n) is 1.90. The number of halogens is 6. The quantitative estimate of drug-likeness (QED) is 0.720. The highest BCUT2D eigenvalue weighted by Gasteiger charge is 2.59. The zero-order valence-corrected chi connectivity index (χ0v) is 12.0. The Balaban J connectivity index is 5.11. The van der Waals surface area contributed by atoms with E-state index in [-0.39, 0.29) is 19.4 Å². The van der Waals surface area contributed by atoms with Crippen LogP contribution >= 0.6 is 0 Å². The number of hydrogen-bond donors (Lipinski definition) is 1. The molecule has 0 amide bonds. The van der Waals surface area contributed by atoms with E-state index in [1.807, 2.05) is 0 Å². The number of alkyl halides is 6. The van der Waals surface area contributed by atoms with Crippen molar-refractivity contribution in [1.29, 1.82) is 0 Å². The van der Waals surface area contributed by atoms with Crippen LogP contribution in [0.1, 0.15) is 33.6 Å². The summed E-state index contributed by atoms with van der Waals surface area (Å²) in [5, 5.41) is 2.30. The van der Waals surface area contributed by atoms with Crippen LogP contribution in [-0.4, -0.2) is 37.7 Å². The summed E-state index contributed by atoms with van der Waals surface area (Å²) in [6.07, 6.45) is -10.9. The summed E-state index contributed by atoms with van der Waals surface area (Å²) in [6.45, 7) is 4.73. The van der Waals surface area contributed by atoms with Crippen molar-refractivity contribution in [3.05, 3.63) is 0 Å². The Kier molecular flexibility index (Phi) is 6.80. The SMILES string of the molecule is CCNC(CCC(C)(C)OC)C(C(F)(F)F)C(F)(F)F. The first-order valence-electron chi connectivity index (χ1n) is 6.27. The first-order valence-corrected chi connectivity index (χ1v) is 6.27. The molecule has 0 aromatic carbocycles. The van der Waals surface area contributed by atoms with Gasteiger partial charge in [0, 0.05) is 13.2 Å². The molecule has 1 N–H and O–H groups in total. The Morgan fingerprint density at radius 3 is 1.75 bits per heavy atom. The van der Waals surface area contributed by atoms with Gasteiger partial charge in [-0.15, -0.1) is 0 Å². The Bertz CT molecular complexity index is 273. The molecule has 20 heavy (non-hydrogen) atoms. The highest BCUT2D eigenvalue weighted by Crippen LogP contribution is 2.42. The lowest BCUT2D eigenvalue weighted by atomic mass is 9.90. The number of ether oxygens (including phenoxy) is 1. The molecule has 0 radical (unpaired) electrons. The summed E-state index contributed by atoms with van der Waals surface area (Å²) in [4.78, 5) is 0. The molecule has 2 nitrogen and oxygen atoms in total. The first kappa shape index (κ1) is 19.5. The number of hydrogen-bond acceptors (Lipinski definition) is 2. The Morgan fingerprint density at radius 1 is 1.00 bits per heavy atom. The molecule has 0 spiro atoms. The van der Waals surface area contributed by atoms with Gasteiger partial charge in [0.25, 0.3) is 0 Å². The molecule has 0 aromatic rings. The Labute approximate surface area is 114 Å². The summed E-state index contributed by atoms with van der Waals surface area (Å²) in [7, 11) is 1.37. The third-order valence-electron chi connectivity index (χ3n) is 3.18. The van der Waals surface area contributed by atoms with Crippen LogP contribution in [0, 0.1) is 5.92 Å². The zero-order chi connectivity index (χ0) is 16.2. The predicted octanol–water partition coefficient (Wildman–Crippen LogP) is 3.91. The van der Waals surface area contributed by atoms with Crippen LogP contribution in [0.3, 0.4) is 0 Å². The van der Waals surface area contributed by atoms with Gasteiger partial charge >= 0.3 is 12.4 Å². The lowest BCUT2D eigenvalue weighted by Gasteiger charge is -2.33. The molecular formula is C12H21F6NO. The van der Waals surface area contributed by atoms with Crippen molar-refractivity contribution in [2.75, 3.05) is 13.7 Å². The fourth-order valence-corrected chi connectivity index (χ4v) is 1.90. The second-order valence-electron chi connectivity index (χ2n) is 5.23. The summed E-state index contributed by atoms with van der Waals surface area (Å²) in [5.74, 6) is -3.37. The maximum absolute atomic E-state index is 12.7. The van der Waals surface area contributed by atoms with Gasteiger partial charge in [-0.05, 0) is 33.2 Å². The highest BCUT2D eigenvalue weighted by atomic mass is 19.4. The van der Waals surface area contributed by atoms with Crippen LogP contribution < -0.4 is 5.32 Å². The van der Waals surface area contributed by atoms with E-state index in [0.717, 1.165) is 0 Å². The maximum atomic E-state index is 12.7. The highest BCUT2D eigenvalue weighted by molar-refractivity contribution is 4.88. The van der Waals surface area contributed by atoms with E-state index < -0.39 is 29.9 Å². The summed E-state index contributed by atoms with van der Waals surface area (Å²) >= 11 is 0. The van der Waals surface area contributed by atoms with Crippen LogP contribution in [0.25, 0.3) is 0 Å². The molecule has 0 rings (SSSR count). The van der Waals surface area contributed by atoms with Gasteiger partial charge < -0.3 is 10.1 Å². The van der Waals surface area contributed by atoms with E-state index in [4.69, 9.17) is 4.74 Å². The van der Waals surface area contributed by atoms with Crippen LogP contribution in [-0.2, 0) is 4.74 Å². The van der Waals surface area contributed by atoms with Gasteiger partial charge in [-0.1, -0.05) is 6.92 Å². The standard InChI is InChI=1S/C12H21F6NO/c1-5-19-8(6-7-10(2,3)20-4)9(11(13,14)15)12(16,17)18/h8-9,19H,5-7H2,1-4H3. The van der Waals surface area contributed by atoms with Gasteiger partial charge in [-0.2, -0.15) is 26.3 Å². The van der Waals surface area contributed by atoms with E-state index in [2.05, 4.69) is 5.32 Å². The first-order chi connectivity index (χ1) is 8.85. The molecular weight excluding hydrogens is 288 g/mol. The molecule has 0 aliphatic heterocycles. The van der Waals surface area contributed by atoms with Crippen molar-refractivity contribution in [2.24, 2.45) is 5.92 Å². The molecule has 0 bridgehead atoms. The van der Waals surface area contributed by atoms with Gasteiger partial charge in [-0.25, -0.2) is 0 Å². The second kappa shape index (κ2) is 6.98. The molecule has 122 valence electrons. The zero-order valence-electron chi connectivity index (χ0n) is 12.0. The van der Waals surface area contributed by atoms with E-state index in [9.17, 15) is 26.3 Å². The lowest BCUT2D eigenvalue weighted by Crippen LogP contribution is -2.51. The summed E-state index contributed by atoms with van der Waals surface area (Å²) in [6, 6.07) is -1.71. The molecule has 8 heteroatoms. The topological polar surface area (TPSA) is 21.3 Å². The average molecular weight is 309 g/mol. The normalized spacial score (nSPS) is 15.8. The Hall–Kier alpha value is -0.500. The number of nitrogens with one attached hydrogen (secondary N) is 1. The minimum absolute atomic E-state index is 0.0285. The third-order valence-corrected chi connectivity index (χ3v) is 3.18. The number of methoxy groups -OCH3 is 1. The smallest absolute Gasteiger partial charge is 0.379 e. The molecule has 0 saturated carbocycles. The van der Waals surface area contributed by atoms with Crippen LogP contribution in [0.4, 0.5) is 26.3 Å².